The van der Waals surface area contributed by atoms with Gasteiger partial charge in [-0.05, 0) is 24.8 Å². The number of benzene rings is 1. The van der Waals surface area contributed by atoms with Crippen LogP contribution in [-0.4, -0.2) is 50.0 Å². The number of hydrogen-bond acceptors (Lipinski definition) is 2. The maximum absolute atomic E-state index is 12.2. The Morgan fingerprint density at radius 1 is 1.07 bits per heavy atom. The number of hydrogen-bond donors (Lipinski definition) is 2. The van der Waals surface area contributed by atoms with E-state index in [0.29, 0.717) is 12.5 Å². The van der Waals surface area contributed by atoms with Gasteiger partial charge in [-0.15, -0.1) is 24.0 Å². The summed E-state index contributed by atoms with van der Waals surface area (Å²) >= 11 is 0. The normalized spacial score (nSPS) is 20.9. The Hall–Kier alpha value is -1.31. The van der Waals surface area contributed by atoms with Crippen LogP contribution in [0.25, 0.3) is 0 Å². The predicted molar refractivity (Wildman–Crippen MR) is 122 cm³/mol. The van der Waals surface area contributed by atoms with Crippen molar-refractivity contribution in [3.05, 3.63) is 35.9 Å². The Bertz CT molecular complexity index is 601. The standard InChI is InChI=1S/C21H32N4O.HI/c1-22-21(24-14-13-23-20(26)18-10-6-3-7-11-18)25-15-12-19(16-25)17-8-4-2-5-9-17;/h2,4-5,8-9,18-19H,3,6-7,10-16H2,1H3,(H,22,24)(H,23,26);1H. The van der Waals surface area contributed by atoms with E-state index in [1.54, 1.807) is 0 Å². The van der Waals surface area contributed by atoms with E-state index in [4.69, 9.17) is 0 Å². The van der Waals surface area contributed by atoms with Gasteiger partial charge in [0.2, 0.25) is 5.91 Å². The number of nitrogens with zero attached hydrogens (tertiary/aromatic N) is 2. The molecule has 1 aliphatic heterocycles. The minimum atomic E-state index is 0. The van der Waals surface area contributed by atoms with Crippen molar-refractivity contribution in [3.63, 3.8) is 0 Å². The molecule has 1 aliphatic carbocycles. The van der Waals surface area contributed by atoms with Crippen molar-refractivity contribution in [2.24, 2.45) is 10.9 Å². The summed E-state index contributed by atoms with van der Waals surface area (Å²) < 4.78 is 0. The van der Waals surface area contributed by atoms with Gasteiger partial charge in [0.05, 0.1) is 0 Å². The van der Waals surface area contributed by atoms with E-state index < -0.39 is 0 Å². The molecule has 6 heteroatoms. The maximum Gasteiger partial charge on any atom is 0.223 e. The molecule has 5 nitrogen and oxygen atoms in total. The Morgan fingerprint density at radius 3 is 2.48 bits per heavy atom. The summed E-state index contributed by atoms with van der Waals surface area (Å²) in [5, 5.41) is 6.48. The number of nitrogens with one attached hydrogen (secondary N) is 2. The second-order valence-corrected chi connectivity index (χ2v) is 7.44. The van der Waals surface area contributed by atoms with Gasteiger partial charge < -0.3 is 15.5 Å². The largest absolute Gasteiger partial charge is 0.354 e. The van der Waals surface area contributed by atoms with Crippen LogP contribution in [-0.2, 0) is 4.79 Å². The zero-order valence-electron chi connectivity index (χ0n) is 16.3. The number of carbonyl (C=O) groups is 1. The van der Waals surface area contributed by atoms with Crippen molar-refractivity contribution in [1.29, 1.82) is 0 Å². The second-order valence-electron chi connectivity index (χ2n) is 7.44. The highest BCUT2D eigenvalue weighted by atomic mass is 127. The van der Waals surface area contributed by atoms with E-state index in [-0.39, 0.29) is 35.8 Å². The lowest BCUT2D eigenvalue weighted by atomic mass is 9.89. The van der Waals surface area contributed by atoms with Crippen molar-refractivity contribution < 1.29 is 4.79 Å². The Balaban J connectivity index is 0.00000261. The van der Waals surface area contributed by atoms with E-state index in [2.05, 4.69) is 50.9 Å². The fourth-order valence-corrected chi connectivity index (χ4v) is 4.15. The van der Waals surface area contributed by atoms with Crippen LogP contribution >= 0.6 is 24.0 Å². The Kier molecular flexibility index (Phi) is 9.38. The topological polar surface area (TPSA) is 56.7 Å². The summed E-state index contributed by atoms with van der Waals surface area (Å²) in [7, 11) is 1.83. The van der Waals surface area contributed by atoms with Crippen LogP contribution in [0, 0.1) is 5.92 Å². The fraction of sp³-hybridized carbons (Fsp3) is 0.619. The van der Waals surface area contributed by atoms with Gasteiger partial charge in [-0.2, -0.15) is 0 Å². The average molecular weight is 484 g/mol. The quantitative estimate of drug-likeness (QED) is 0.292. The molecule has 2 fully saturated rings. The lowest BCUT2D eigenvalue weighted by molar-refractivity contribution is -0.125. The van der Waals surface area contributed by atoms with E-state index in [0.717, 1.165) is 44.9 Å². The van der Waals surface area contributed by atoms with Crippen molar-refractivity contribution in [2.75, 3.05) is 33.2 Å². The molecule has 1 atom stereocenters. The summed E-state index contributed by atoms with van der Waals surface area (Å²) in [5.74, 6) is 1.97. The van der Waals surface area contributed by atoms with Gasteiger partial charge in [0.15, 0.2) is 5.96 Å². The number of likely N-dealkylation sites (tertiary alicyclic amines) is 1. The molecule has 2 N–H and O–H groups in total. The summed E-state index contributed by atoms with van der Waals surface area (Å²) in [6.07, 6.45) is 6.93. The fourth-order valence-electron chi connectivity index (χ4n) is 4.15. The lowest BCUT2D eigenvalue weighted by Gasteiger charge is -2.23. The highest BCUT2D eigenvalue weighted by Crippen LogP contribution is 2.26. The van der Waals surface area contributed by atoms with Crippen molar-refractivity contribution >= 4 is 35.8 Å². The number of amides is 1. The monoisotopic (exact) mass is 484 g/mol. The molecular formula is C21H33IN4O. The third kappa shape index (κ3) is 6.36. The van der Waals surface area contributed by atoms with Crippen LogP contribution in [0.1, 0.15) is 50.0 Å². The number of aliphatic imine (C=N–C) groups is 1. The van der Waals surface area contributed by atoms with Crippen LogP contribution < -0.4 is 10.6 Å². The second kappa shape index (κ2) is 11.5. The molecule has 0 aromatic heterocycles. The first-order valence-corrected chi connectivity index (χ1v) is 10.1. The van der Waals surface area contributed by atoms with E-state index in [1.165, 1.54) is 24.8 Å². The average Bonchev–Trinajstić information content (AvgIpc) is 3.19. The molecule has 1 aromatic rings. The zero-order valence-corrected chi connectivity index (χ0v) is 18.7. The summed E-state index contributed by atoms with van der Waals surface area (Å²) in [4.78, 5) is 18.9. The Morgan fingerprint density at radius 2 is 1.78 bits per heavy atom. The van der Waals surface area contributed by atoms with E-state index >= 15 is 0 Å². The number of carbonyl (C=O) groups excluding carboxylic acids is 1. The van der Waals surface area contributed by atoms with Crippen LogP contribution in [0.4, 0.5) is 0 Å². The molecular weight excluding hydrogens is 451 g/mol. The Labute approximate surface area is 180 Å². The van der Waals surface area contributed by atoms with Crippen LogP contribution in [0.3, 0.4) is 0 Å². The van der Waals surface area contributed by atoms with Gasteiger partial charge in [-0.3, -0.25) is 9.79 Å². The molecule has 150 valence electrons. The van der Waals surface area contributed by atoms with Crippen LogP contribution in [0.15, 0.2) is 35.3 Å². The van der Waals surface area contributed by atoms with Crippen molar-refractivity contribution in [1.82, 2.24) is 15.5 Å². The molecule has 1 unspecified atom stereocenters. The third-order valence-electron chi connectivity index (χ3n) is 5.65. The zero-order chi connectivity index (χ0) is 18.2. The molecule has 0 bridgehead atoms. The first kappa shape index (κ1) is 22.0. The molecule has 0 radical (unpaired) electrons. The van der Waals surface area contributed by atoms with Gasteiger partial charge in [-0.1, -0.05) is 49.6 Å². The third-order valence-corrected chi connectivity index (χ3v) is 5.65. The molecule has 1 saturated carbocycles. The van der Waals surface area contributed by atoms with Crippen LogP contribution in [0.5, 0.6) is 0 Å². The maximum atomic E-state index is 12.2. The first-order valence-electron chi connectivity index (χ1n) is 10.1. The lowest BCUT2D eigenvalue weighted by Crippen LogP contribution is -2.44. The highest BCUT2D eigenvalue weighted by Gasteiger charge is 2.26. The van der Waals surface area contributed by atoms with Crippen LogP contribution in [0.2, 0.25) is 0 Å². The molecule has 1 amide bonds. The molecule has 1 saturated heterocycles. The highest BCUT2D eigenvalue weighted by molar-refractivity contribution is 14.0. The number of halogens is 1. The first-order chi connectivity index (χ1) is 12.8. The number of rotatable bonds is 5. The summed E-state index contributed by atoms with van der Waals surface area (Å²) in [6.45, 7) is 3.40. The SMILES string of the molecule is CN=C(NCCNC(=O)C1CCCCC1)N1CCC(c2ccccc2)C1.I. The predicted octanol–water partition coefficient (Wildman–Crippen LogP) is 3.37. The molecule has 3 rings (SSSR count). The van der Waals surface area contributed by atoms with Gasteiger partial charge >= 0.3 is 0 Å². The molecule has 1 aromatic carbocycles. The minimum absolute atomic E-state index is 0. The molecule has 0 spiro atoms. The van der Waals surface area contributed by atoms with E-state index in [1.807, 2.05) is 7.05 Å². The van der Waals surface area contributed by atoms with Crippen molar-refractivity contribution in [3.8, 4) is 0 Å². The van der Waals surface area contributed by atoms with E-state index in [9.17, 15) is 4.79 Å². The van der Waals surface area contributed by atoms with Gasteiger partial charge in [0, 0.05) is 45.1 Å². The molecule has 1 heterocycles. The van der Waals surface area contributed by atoms with Gasteiger partial charge in [0.25, 0.3) is 0 Å². The van der Waals surface area contributed by atoms with Gasteiger partial charge in [-0.25, -0.2) is 0 Å². The summed E-state index contributed by atoms with van der Waals surface area (Å²) in [5.41, 5.74) is 1.41. The molecule has 2 aliphatic rings. The van der Waals surface area contributed by atoms with Gasteiger partial charge in [0.1, 0.15) is 0 Å². The molecule has 27 heavy (non-hydrogen) atoms. The summed E-state index contributed by atoms with van der Waals surface area (Å²) in [6, 6.07) is 10.7. The number of guanidine groups is 1. The smallest absolute Gasteiger partial charge is 0.223 e. The minimum Gasteiger partial charge on any atom is -0.354 e. The van der Waals surface area contributed by atoms with Crippen molar-refractivity contribution in [2.45, 2.75) is 44.4 Å².